The molecule has 122 valence electrons. The molecule has 3 aromatic heterocycles. The lowest BCUT2D eigenvalue weighted by Gasteiger charge is -2.12. The molecule has 2 N–H and O–H groups in total. The number of amides is 1. The standard InChI is InChI=1S/C17H15N3O2S2/c1-10-2-4-11(5-3-10)13(21)9-18-15(22)14-8-12-16(24-14)19-17-20(12)6-7-23-17/h2-8,13,21H,9H2,1H3,(H,18,22). The maximum atomic E-state index is 12.3. The Bertz CT molecular complexity index is 1010. The van der Waals surface area contributed by atoms with Crippen LogP contribution < -0.4 is 5.32 Å². The van der Waals surface area contributed by atoms with Gasteiger partial charge < -0.3 is 10.4 Å². The van der Waals surface area contributed by atoms with Crippen LogP contribution in [0.15, 0.2) is 41.9 Å². The summed E-state index contributed by atoms with van der Waals surface area (Å²) in [6.45, 7) is 2.17. The van der Waals surface area contributed by atoms with Gasteiger partial charge in [0.2, 0.25) is 0 Å². The Hall–Kier alpha value is -2.22. The molecule has 1 amide bonds. The van der Waals surface area contributed by atoms with Crippen LogP contribution in [0.1, 0.15) is 26.9 Å². The van der Waals surface area contributed by atoms with Gasteiger partial charge in [0.25, 0.3) is 5.91 Å². The average molecular weight is 357 g/mol. The van der Waals surface area contributed by atoms with Gasteiger partial charge in [-0.15, -0.1) is 22.7 Å². The summed E-state index contributed by atoms with van der Waals surface area (Å²) >= 11 is 2.94. The Balaban J connectivity index is 1.47. The van der Waals surface area contributed by atoms with Crippen molar-refractivity contribution in [1.29, 1.82) is 0 Å². The minimum absolute atomic E-state index is 0.179. The Morgan fingerprint density at radius 1 is 1.38 bits per heavy atom. The lowest BCUT2D eigenvalue weighted by Crippen LogP contribution is -2.27. The molecule has 4 aromatic rings. The number of aryl methyl sites for hydroxylation is 1. The Labute approximate surface area is 146 Å². The van der Waals surface area contributed by atoms with Gasteiger partial charge in [-0.3, -0.25) is 9.20 Å². The molecular formula is C17H15N3O2S2. The molecule has 1 aromatic carbocycles. The van der Waals surface area contributed by atoms with Crippen LogP contribution in [0.2, 0.25) is 0 Å². The van der Waals surface area contributed by atoms with E-state index in [2.05, 4.69) is 10.3 Å². The van der Waals surface area contributed by atoms with Crippen LogP contribution >= 0.6 is 22.7 Å². The second-order valence-electron chi connectivity index (χ2n) is 5.60. The highest BCUT2D eigenvalue weighted by Gasteiger charge is 2.16. The normalized spacial score (nSPS) is 12.8. The number of thiophene rings is 1. The monoisotopic (exact) mass is 357 g/mol. The number of rotatable bonds is 4. The van der Waals surface area contributed by atoms with Crippen LogP contribution in [0.3, 0.4) is 0 Å². The number of imidazole rings is 1. The van der Waals surface area contributed by atoms with Gasteiger partial charge in [0.1, 0.15) is 4.83 Å². The largest absolute Gasteiger partial charge is 0.387 e. The molecule has 1 atom stereocenters. The number of carbonyl (C=O) groups is 1. The minimum Gasteiger partial charge on any atom is -0.387 e. The first-order chi connectivity index (χ1) is 11.6. The molecule has 0 aliphatic carbocycles. The van der Waals surface area contributed by atoms with Crippen LogP contribution in [0, 0.1) is 6.92 Å². The van der Waals surface area contributed by atoms with E-state index >= 15 is 0 Å². The lowest BCUT2D eigenvalue weighted by molar-refractivity contribution is 0.0920. The maximum absolute atomic E-state index is 12.3. The molecule has 0 fully saturated rings. The molecule has 4 rings (SSSR count). The van der Waals surface area contributed by atoms with Crippen molar-refractivity contribution in [2.75, 3.05) is 6.54 Å². The average Bonchev–Trinajstić information content (AvgIpc) is 3.24. The van der Waals surface area contributed by atoms with Crippen LogP contribution in [0.4, 0.5) is 0 Å². The van der Waals surface area contributed by atoms with Crippen molar-refractivity contribution in [3.63, 3.8) is 0 Å². The van der Waals surface area contributed by atoms with E-state index in [9.17, 15) is 9.90 Å². The predicted octanol–water partition coefficient (Wildman–Crippen LogP) is 3.38. The second kappa shape index (κ2) is 6.01. The molecule has 0 radical (unpaired) electrons. The quantitative estimate of drug-likeness (QED) is 0.588. The zero-order valence-electron chi connectivity index (χ0n) is 12.9. The highest BCUT2D eigenvalue weighted by Crippen LogP contribution is 2.28. The number of nitrogens with zero attached hydrogens (tertiary/aromatic N) is 2. The van der Waals surface area contributed by atoms with Gasteiger partial charge in [0.15, 0.2) is 4.96 Å². The number of nitrogens with one attached hydrogen (secondary N) is 1. The van der Waals surface area contributed by atoms with Crippen LogP contribution in [0.5, 0.6) is 0 Å². The van der Waals surface area contributed by atoms with Gasteiger partial charge in [0, 0.05) is 18.1 Å². The van der Waals surface area contributed by atoms with Crippen molar-refractivity contribution in [2.45, 2.75) is 13.0 Å². The summed E-state index contributed by atoms with van der Waals surface area (Å²) in [6, 6.07) is 9.49. The first-order valence-electron chi connectivity index (χ1n) is 7.50. The Morgan fingerprint density at radius 3 is 2.96 bits per heavy atom. The van der Waals surface area contributed by atoms with Gasteiger partial charge in [-0.05, 0) is 18.6 Å². The summed E-state index contributed by atoms with van der Waals surface area (Å²) in [4.78, 5) is 19.2. The SMILES string of the molecule is Cc1ccc(C(O)CNC(=O)c2cc3c(nc4sccn43)s2)cc1. The molecule has 3 heterocycles. The number of aliphatic hydroxyl groups is 1. The maximum Gasteiger partial charge on any atom is 0.261 e. The van der Waals surface area contributed by atoms with Crippen molar-refractivity contribution in [3.8, 4) is 0 Å². The minimum atomic E-state index is -0.719. The van der Waals surface area contributed by atoms with Crippen LogP contribution in [-0.4, -0.2) is 26.9 Å². The molecule has 0 saturated carbocycles. The highest BCUT2D eigenvalue weighted by atomic mass is 32.1. The van der Waals surface area contributed by atoms with Crippen molar-refractivity contribution in [3.05, 3.63) is 57.9 Å². The van der Waals surface area contributed by atoms with E-state index < -0.39 is 6.10 Å². The Morgan fingerprint density at radius 2 is 2.17 bits per heavy atom. The van der Waals surface area contributed by atoms with E-state index in [1.807, 2.05) is 53.2 Å². The number of aromatic nitrogens is 2. The summed E-state index contributed by atoms with van der Waals surface area (Å²) in [7, 11) is 0. The first-order valence-corrected chi connectivity index (χ1v) is 9.19. The van der Waals surface area contributed by atoms with Gasteiger partial charge in [0.05, 0.1) is 16.5 Å². The van der Waals surface area contributed by atoms with E-state index in [0.717, 1.165) is 26.4 Å². The predicted molar refractivity (Wildman–Crippen MR) is 96.9 cm³/mol. The number of hydrogen-bond donors (Lipinski definition) is 2. The van der Waals surface area contributed by atoms with Gasteiger partial charge in [-0.25, -0.2) is 4.98 Å². The molecular weight excluding hydrogens is 342 g/mol. The van der Waals surface area contributed by atoms with Crippen molar-refractivity contribution in [2.24, 2.45) is 0 Å². The van der Waals surface area contributed by atoms with E-state index in [4.69, 9.17) is 0 Å². The summed E-state index contributed by atoms with van der Waals surface area (Å²) in [6.07, 6.45) is 1.23. The number of benzene rings is 1. The van der Waals surface area contributed by atoms with Gasteiger partial charge >= 0.3 is 0 Å². The molecule has 1 unspecified atom stereocenters. The molecule has 0 saturated heterocycles. The summed E-state index contributed by atoms with van der Waals surface area (Å²) in [5.74, 6) is -0.187. The van der Waals surface area contributed by atoms with Crippen LogP contribution in [-0.2, 0) is 0 Å². The fourth-order valence-electron chi connectivity index (χ4n) is 2.54. The number of fused-ring (bicyclic) bond motifs is 3. The van der Waals surface area contributed by atoms with E-state index in [0.29, 0.717) is 4.88 Å². The van der Waals surface area contributed by atoms with Crippen LogP contribution in [0.25, 0.3) is 15.3 Å². The number of hydrogen-bond acceptors (Lipinski definition) is 5. The molecule has 0 bridgehead atoms. The van der Waals surface area contributed by atoms with Crippen molar-refractivity contribution < 1.29 is 9.90 Å². The van der Waals surface area contributed by atoms with Crippen molar-refractivity contribution >= 4 is 43.9 Å². The summed E-state index contributed by atoms with van der Waals surface area (Å²) in [5.41, 5.74) is 2.88. The molecule has 0 aliphatic heterocycles. The lowest BCUT2D eigenvalue weighted by atomic mass is 10.1. The second-order valence-corrected chi connectivity index (χ2v) is 7.51. The smallest absolute Gasteiger partial charge is 0.261 e. The van der Waals surface area contributed by atoms with Gasteiger partial charge in [-0.2, -0.15) is 0 Å². The number of thiazole rings is 1. The van der Waals surface area contributed by atoms with Gasteiger partial charge in [-0.1, -0.05) is 29.8 Å². The summed E-state index contributed by atoms with van der Waals surface area (Å²) in [5, 5.41) is 15.0. The summed E-state index contributed by atoms with van der Waals surface area (Å²) < 4.78 is 1.98. The molecule has 24 heavy (non-hydrogen) atoms. The topological polar surface area (TPSA) is 66.6 Å². The Kier molecular flexibility index (Phi) is 3.84. The third-order valence-corrected chi connectivity index (χ3v) is 5.66. The zero-order valence-corrected chi connectivity index (χ0v) is 14.5. The first kappa shape index (κ1) is 15.3. The number of aliphatic hydroxyl groups excluding tert-OH is 1. The zero-order chi connectivity index (χ0) is 16.7. The van der Waals surface area contributed by atoms with E-state index in [1.165, 1.54) is 11.3 Å². The third-order valence-electron chi connectivity index (χ3n) is 3.88. The fourth-order valence-corrected chi connectivity index (χ4v) is 4.26. The van der Waals surface area contributed by atoms with E-state index in [1.54, 1.807) is 11.3 Å². The fraction of sp³-hybridized carbons (Fsp3) is 0.176. The molecule has 0 spiro atoms. The molecule has 5 nitrogen and oxygen atoms in total. The molecule has 7 heteroatoms. The highest BCUT2D eigenvalue weighted by molar-refractivity contribution is 7.21. The van der Waals surface area contributed by atoms with Crippen molar-refractivity contribution in [1.82, 2.24) is 14.7 Å². The number of carbonyl (C=O) groups excluding carboxylic acids is 1. The molecule has 0 aliphatic rings. The third kappa shape index (κ3) is 2.71. The van der Waals surface area contributed by atoms with E-state index in [-0.39, 0.29) is 12.5 Å².